The molecule has 2 rings (SSSR count). The summed E-state index contributed by atoms with van der Waals surface area (Å²) in [4.78, 5) is 12.9. The van der Waals surface area contributed by atoms with Crippen molar-refractivity contribution in [2.45, 2.75) is 26.8 Å². The summed E-state index contributed by atoms with van der Waals surface area (Å²) >= 11 is 0. The molecule has 0 radical (unpaired) electrons. The second kappa shape index (κ2) is 5.78. The predicted molar refractivity (Wildman–Crippen MR) is 85.9 cm³/mol. The van der Waals surface area contributed by atoms with E-state index in [0.717, 1.165) is 0 Å². The average Bonchev–Trinajstić information content (AvgIpc) is 2.46. The van der Waals surface area contributed by atoms with Crippen LogP contribution in [0, 0.1) is 10.6 Å². The van der Waals surface area contributed by atoms with Gasteiger partial charge in [0.05, 0.1) is 19.7 Å². The summed E-state index contributed by atoms with van der Waals surface area (Å²) in [5, 5.41) is 22.8. The number of methoxy groups -OCH3 is 1. The molecular formula is C16H24N2O4. The quantitative estimate of drug-likeness (QED) is 0.673. The lowest BCUT2D eigenvalue weighted by atomic mass is 9.84. The number of para-hydroxylation sites is 2. The van der Waals surface area contributed by atoms with E-state index < -0.39 is 10.7 Å². The molecule has 1 N–H and O–H groups in total. The highest BCUT2D eigenvalue weighted by Gasteiger charge is 2.44. The van der Waals surface area contributed by atoms with Crippen LogP contribution in [0.25, 0.3) is 0 Å². The van der Waals surface area contributed by atoms with Crippen molar-refractivity contribution in [1.82, 2.24) is 9.55 Å². The van der Waals surface area contributed by atoms with Gasteiger partial charge in [-0.2, -0.15) is 0 Å². The second-order valence-corrected chi connectivity index (χ2v) is 6.83. The highest BCUT2D eigenvalue weighted by Crippen LogP contribution is 2.38. The van der Waals surface area contributed by atoms with Crippen LogP contribution in [0.3, 0.4) is 0 Å². The lowest BCUT2D eigenvalue weighted by Gasteiger charge is -2.53. The maximum Gasteiger partial charge on any atom is 0.407 e. The van der Waals surface area contributed by atoms with Gasteiger partial charge in [0.1, 0.15) is 13.1 Å². The fraction of sp³-hybridized carbons (Fsp3) is 0.562. The van der Waals surface area contributed by atoms with E-state index in [9.17, 15) is 15.1 Å². The van der Waals surface area contributed by atoms with E-state index in [1.807, 2.05) is 32.9 Å². The van der Waals surface area contributed by atoms with Crippen molar-refractivity contribution >= 4 is 11.8 Å². The van der Waals surface area contributed by atoms with Gasteiger partial charge in [-0.25, -0.2) is 4.79 Å². The van der Waals surface area contributed by atoms with Gasteiger partial charge in [-0.05, 0) is 11.5 Å². The number of carbonyl (C=O) groups is 1. The van der Waals surface area contributed by atoms with E-state index in [1.165, 1.54) is 4.90 Å². The molecule has 1 aromatic rings. The van der Waals surface area contributed by atoms with Crippen LogP contribution in [0.15, 0.2) is 24.3 Å². The summed E-state index contributed by atoms with van der Waals surface area (Å²) in [7, 11) is 1.54. The number of hydroxylamine groups is 2. The standard InChI is InChI=1S/C16H24N2O4/c1-16(2,3)14-11-18(21,10-9-17(14)15(19)20)12-7-5-6-8-13(12)22-4/h5-8,14H,9-11H2,1-4H3,(H,19,20). The first kappa shape index (κ1) is 16.6. The SMILES string of the molecule is COc1ccccc1[N+]1([O-])CCN(C(=O)O)C(C(C)(C)C)C1. The number of benzene rings is 1. The normalized spacial score (nSPS) is 25.9. The van der Waals surface area contributed by atoms with E-state index in [2.05, 4.69) is 0 Å². The summed E-state index contributed by atoms with van der Waals surface area (Å²) in [6.45, 7) is 6.50. The Morgan fingerprint density at radius 1 is 1.41 bits per heavy atom. The van der Waals surface area contributed by atoms with Crippen molar-refractivity contribution in [2.75, 3.05) is 26.7 Å². The molecule has 1 aromatic carbocycles. The first-order valence-corrected chi connectivity index (χ1v) is 7.40. The first-order chi connectivity index (χ1) is 10.2. The summed E-state index contributed by atoms with van der Waals surface area (Å²) in [5.41, 5.74) is 0.249. The average molecular weight is 308 g/mol. The Bertz CT molecular complexity index is 555. The number of carboxylic acid groups (broad SMARTS) is 1. The first-order valence-electron chi connectivity index (χ1n) is 7.40. The van der Waals surface area contributed by atoms with Crippen LogP contribution in [0.1, 0.15) is 20.8 Å². The Morgan fingerprint density at radius 3 is 2.59 bits per heavy atom. The number of hydrogen-bond donors (Lipinski definition) is 1. The molecule has 1 aliphatic heterocycles. The molecule has 22 heavy (non-hydrogen) atoms. The number of hydrogen-bond acceptors (Lipinski definition) is 3. The zero-order valence-corrected chi connectivity index (χ0v) is 13.6. The Hall–Kier alpha value is -1.79. The minimum atomic E-state index is -0.966. The van der Waals surface area contributed by atoms with Crippen molar-refractivity contribution in [1.29, 1.82) is 0 Å². The van der Waals surface area contributed by atoms with Gasteiger partial charge in [0, 0.05) is 6.07 Å². The van der Waals surface area contributed by atoms with Crippen molar-refractivity contribution in [3.63, 3.8) is 0 Å². The molecule has 2 atom stereocenters. The lowest BCUT2D eigenvalue weighted by Crippen LogP contribution is -2.66. The largest absolute Gasteiger partial charge is 0.627 e. The summed E-state index contributed by atoms with van der Waals surface area (Å²) in [6, 6.07) is 6.82. The number of piperazine rings is 1. The highest BCUT2D eigenvalue weighted by molar-refractivity contribution is 5.66. The van der Waals surface area contributed by atoms with Crippen LogP contribution in [-0.2, 0) is 0 Å². The number of ether oxygens (including phenoxy) is 1. The minimum Gasteiger partial charge on any atom is -0.627 e. The second-order valence-electron chi connectivity index (χ2n) is 6.83. The maximum atomic E-state index is 13.4. The van der Waals surface area contributed by atoms with E-state index in [-0.39, 0.29) is 31.1 Å². The molecule has 0 aromatic heterocycles. The van der Waals surface area contributed by atoms with Crippen LogP contribution in [0.2, 0.25) is 0 Å². The van der Waals surface area contributed by atoms with Crippen LogP contribution in [0.5, 0.6) is 5.75 Å². The van der Waals surface area contributed by atoms with Crippen molar-refractivity contribution < 1.29 is 14.6 Å². The van der Waals surface area contributed by atoms with Gasteiger partial charge in [0.15, 0.2) is 11.4 Å². The topological polar surface area (TPSA) is 72.8 Å². The van der Waals surface area contributed by atoms with Gasteiger partial charge >= 0.3 is 6.09 Å². The van der Waals surface area contributed by atoms with E-state index >= 15 is 0 Å². The van der Waals surface area contributed by atoms with Crippen LogP contribution in [0.4, 0.5) is 10.5 Å². The third kappa shape index (κ3) is 3.03. The Balaban J connectivity index is 2.39. The van der Waals surface area contributed by atoms with Gasteiger partial charge in [0.25, 0.3) is 0 Å². The molecule has 2 unspecified atom stereocenters. The molecule has 1 saturated heterocycles. The predicted octanol–water partition coefficient (Wildman–Crippen LogP) is 2.91. The molecule has 1 aliphatic rings. The summed E-state index contributed by atoms with van der Waals surface area (Å²) in [5.74, 6) is 0.550. The maximum absolute atomic E-state index is 13.4. The van der Waals surface area contributed by atoms with Gasteiger partial charge in [-0.1, -0.05) is 32.9 Å². The smallest absolute Gasteiger partial charge is 0.407 e. The number of nitrogens with zero attached hydrogens (tertiary/aromatic N) is 2. The van der Waals surface area contributed by atoms with Gasteiger partial charge in [-0.3, -0.25) is 4.90 Å². The zero-order chi connectivity index (χ0) is 16.5. The Kier molecular flexibility index (Phi) is 4.35. The fourth-order valence-corrected chi connectivity index (χ4v) is 3.05. The molecule has 1 fully saturated rings. The van der Waals surface area contributed by atoms with Gasteiger partial charge in [0.2, 0.25) is 0 Å². The van der Waals surface area contributed by atoms with Crippen molar-refractivity contribution in [3.8, 4) is 5.75 Å². The van der Waals surface area contributed by atoms with E-state index in [4.69, 9.17) is 4.74 Å². The van der Waals surface area contributed by atoms with Crippen LogP contribution >= 0.6 is 0 Å². The molecule has 0 aliphatic carbocycles. The van der Waals surface area contributed by atoms with E-state index in [0.29, 0.717) is 11.4 Å². The van der Waals surface area contributed by atoms with Crippen LogP contribution < -0.4 is 9.38 Å². The Labute approximate surface area is 131 Å². The van der Waals surface area contributed by atoms with Gasteiger partial charge < -0.3 is 19.7 Å². The highest BCUT2D eigenvalue weighted by atomic mass is 16.6. The van der Waals surface area contributed by atoms with Crippen molar-refractivity contribution in [2.24, 2.45) is 5.41 Å². The number of amides is 1. The molecule has 6 nitrogen and oxygen atoms in total. The molecule has 6 heteroatoms. The van der Waals surface area contributed by atoms with Crippen molar-refractivity contribution in [3.05, 3.63) is 29.5 Å². The van der Waals surface area contributed by atoms with Gasteiger partial charge in [-0.15, -0.1) is 0 Å². The third-order valence-corrected chi connectivity index (χ3v) is 4.32. The zero-order valence-electron chi connectivity index (χ0n) is 13.6. The molecule has 0 spiro atoms. The minimum absolute atomic E-state index is 0.191. The third-order valence-electron chi connectivity index (χ3n) is 4.32. The molecular weight excluding hydrogens is 284 g/mol. The monoisotopic (exact) mass is 308 g/mol. The summed E-state index contributed by atoms with van der Waals surface area (Å²) in [6.07, 6.45) is -0.966. The van der Waals surface area contributed by atoms with Crippen LogP contribution in [-0.4, -0.2) is 48.9 Å². The Morgan fingerprint density at radius 2 is 2.05 bits per heavy atom. The molecule has 1 heterocycles. The number of rotatable bonds is 2. The lowest BCUT2D eigenvalue weighted by molar-refractivity contribution is 0.0379. The fourth-order valence-electron chi connectivity index (χ4n) is 3.05. The van der Waals surface area contributed by atoms with E-state index in [1.54, 1.807) is 19.2 Å². The summed E-state index contributed by atoms with van der Waals surface area (Å²) < 4.78 is 4.75. The molecule has 0 bridgehead atoms. The molecule has 122 valence electrons. The molecule has 1 amide bonds. The molecule has 0 saturated carbocycles. The number of quaternary nitrogens is 1.